The average Bonchev–Trinajstić information content (AvgIpc) is 3.32. The molecule has 0 radical (unpaired) electrons. The van der Waals surface area contributed by atoms with Gasteiger partial charge in [-0.15, -0.1) is 0 Å². The van der Waals surface area contributed by atoms with Crippen LogP contribution in [-0.4, -0.2) is 38.2 Å². The minimum atomic E-state index is -0.376. The standard InChI is InChI=1S/C25H30N2O4/c1-17-5-9-19(10-6-17)27-23(28)14-13-22(25(29)26-16-21-4-3-15-31-21)24(27)18-7-11-20(30-2)12-8-18/h5-12,21-22,24H,3-4,13-16H2,1-2H3,(H,26,29). The van der Waals surface area contributed by atoms with Gasteiger partial charge in [0.15, 0.2) is 0 Å². The Balaban J connectivity index is 1.65. The Morgan fingerprint density at radius 1 is 1.13 bits per heavy atom. The van der Waals surface area contributed by atoms with Gasteiger partial charge in [0.1, 0.15) is 5.75 Å². The number of rotatable bonds is 6. The van der Waals surface area contributed by atoms with E-state index in [1.54, 1.807) is 12.0 Å². The summed E-state index contributed by atoms with van der Waals surface area (Å²) in [7, 11) is 1.62. The van der Waals surface area contributed by atoms with E-state index >= 15 is 0 Å². The van der Waals surface area contributed by atoms with Gasteiger partial charge in [-0.3, -0.25) is 9.59 Å². The van der Waals surface area contributed by atoms with E-state index in [9.17, 15) is 9.59 Å². The molecule has 3 atom stereocenters. The zero-order chi connectivity index (χ0) is 21.8. The van der Waals surface area contributed by atoms with Crippen LogP contribution in [-0.2, 0) is 14.3 Å². The van der Waals surface area contributed by atoms with Crippen LogP contribution in [0.2, 0.25) is 0 Å². The van der Waals surface area contributed by atoms with Gasteiger partial charge >= 0.3 is 0 Å². The highest BCUT2D eigenvalue weighted by atomic mass is 16.5. The zero-order valence-electron chi connectivity index (χ0n) is 18.2. The van der Waals surface area contributed by atoms with Gasteiger partial charge < -0.3 is 19.7 Å². The summed E-state index contributed by atoms with van der Waals surface area (Å²) in [4.78, 5) is 28.1. The van der Waals surface area contributed by atoms with Gasteiger partial charge in [0, 0.05) is 25.3 Å². The third-order valence-electron chi connectivity index (χ3n) is 6.23. The van der Waals surface area contributed by atoms with Crippen LogP contribution in [0.4, 0.5) is 5.69 Å². The van der Waals surface area contributed by atoms with Crippen molar-refractivity contribution < 1.29 is 19.1 Å². The zero-order valence-corrected chi connectivity index (χ0v) is 18.2. The monoisotopic (exact) mass is 422 g/mol. The number of carbonyl (C=O) groups excluding carboxylic acids is 2. The van der Waals surface area contributed by atoms with Crippen molar-refractivity contribution in [2.75, 3.05) is 25.2 Å². The first kappa shape index (κ1) is 21.4. The summed E-state index contributed by atoms with van der Waals surface area (Å²) in [5.41, 5.74) is 2.86. The first-order valence-electron chi connectivity index (χ1n) is 11.0. The van der Waals surface area contributed by atoms with Gasteiger partial charge in [0.25, 0.3) is 0 Å². The van der Waals surface area contributed by atoms with E-state index in [2.05, 4.69) is 5.32 Å². The summed E-state index contributed by atoms with van der Waals surface area (Å²) in [6.45, 7) is 3.29. The number of nitrogens with one attached hydrogen (secondary N) is 1. The maximum atomic E-state index is 13.3. The van der Waals surface area contributed by atoms with Crippen molar-refractivity contribution in [3.8, 4) is 5.75 Å². The molecule has 2 fully saturated rings. The number of hydrogen-bond donors (Lipinski definition) is 1. The Kier molecular flexibility index (Phi) is 6.56. The van der Waals surface area contributed by atoms with Crippen molar-refractivity contribution in [3.63, 3.8) is 0 Å². The number of anilines is 1. The fourth-order valence-corrected chi connectivity index (χ4v) is 4.51. The molecule has 6 heteroatoms. The second-order valence-electron chi connectivity index (χ2n) is 8.34. The van der Waals surface area contributed by atoms with Gasteiger partial charge in [-0.25, -0.2) is 0 Å². The molecule has 2 aliphatic rings. The highest BCUT2D eigenvalue weighted by Gasteiger charge is 2.41. The molecule has 164 valence electrons. The lowest BCUT2D eigenvalue weighted by Gasteiger charge is -2.41. The largest absolute Gasteiger partial charge is 0.497 e. The number of aryl methyl sites for hydroxylation is 1. The van der Waals surface area contributed by atoms with Crippen LogP contribution < -0.4 is 15.0 Å². The molecule has 2 amide bonds. The number of amides is 2. The molecule has 2 saturated heterocycles. The summed E-state index contributed by atoms with van der Waals surface area (Å²) in [5, 5.41) is 3.09. The number of carbonyl (C=O) groups is 2. The lowest BCUT2D eigenvalue weighted by Crippen LogP contribution is -2.49. The van der Waals surface area contributed by atoms with Gasteiger partial charge in [-0.2, -0.15) is 0 Å². The van der Waals surface area contributed by atoms with E-state index in [1.807, 2.05) is 55.5 Å². The molecule has 2 aliphatic heterocycles. The summed E-state index contributed by atoms with van der Waals surface area (Å²) < 4.78 is 11.0. The predicted molar refractivity (Wildman–Crippen MR) is 119 cm³/mol. The van der Waals surface area contributed by atoms with Crippen molar-refractivity contribution >= 4 is 17.5 Å². The Bertz CT molecular complexity index is 904. The molecule has 0 aromatic heterocycles. The molecule has 4 rings (SSSR count). The Labute approximate surface area is 183 Å². The van der Waals surface area contributed by atoms with Crippen molar-refractivity contribution in [1.82, 2.24) is 5.32 Å². The summed E-state index contributed by atoms with van der Waals surface area (Å²) >= 11 is 0. The van der Waals surface area contributed by atoms with E-state index in [-0.39, 0.29) is 29.9 Å². The minimum absolute atomic E-state index is 0.0269. The number of piperidine rings is 1. The van der Waals surface area contributed by atoms with Crippen LogP contribution in [0.5, 0.6) is 5.75 Å². The molecule has 2 aromatic rings. The van der Waals surface area contributed by atoms with Gasteiger partial charge in [0.2, 0.25) is 11.8 Å². The Hall–Kier alpha value is -2.86. The highest BCUT2D eigenvalue weighted by molar-refractivity contribution is 5.97. The average molecular weight is 423 g/mol. The number of methoxy groups -OCH3 is 1. The minimum Gasteiger partial charge on any atom is -0.497 e. The van der Waals surface area contributed by atoms with Gasteiger partial charge in [0.05, 0.1) is 25.2 Å². The van der Waals surface area contributed by atoms with Crippen LogP contribution in [0.15, 0.2) is 48.5 Å². The first-order chi connectivity index (χ1) is 15.1. The topological polar surface area (TPSA) is 67.9 Å². The van der Waals surface area contributed by atoms with Crippen molar-refractivity contribution in [2.45, 2.75) is 44.8 Å². The molecule has 3 unspecified atom stereocenters. The lowest BCUT2D eigenvalue weighted by molar-refractivity contribution is -0.129. The van der Waals surface area contributed by atoms with Crippen molar-refractivity contribution in [3.05, 3.63) is 59.7 Å². The molecule has 31 heavy (non-hydrogen) atoms. The molecule has 6 nitrogen and oxygen atoms in total. The molecular weight excluding hydrogens is 392 g/mol. The molecule has 2 heterocycles. The first-order valence-corrected chi connectivity index (χ1v) is 11.0. The SMILES string of the molecule is COc1ccc(C2C(C(=O)NCC3CCCO3)CCC(=O)N2c2ccc(C)cc2)cc1. The van der Waals surface area contributed by atoms with Crippen LogP contribution in [0, 0.1) is 12.8 Å². The third-order valence-corrected chi connectivity index (χ3v) is 6.23. The predicted octanol–water partition coefficient (Wildman–Crippen LogP) is 3.78. The smallest absolute Gasteiger partial charge is 0.227 e. The number of nitrogens with zero attached hydrogens (tertiary/aromatic N) is 1. The van der Waals surface area contributed by atoms with E-state index < -0.39 is 0 Å². The molecular formula is C25H30N2O4. The summed E-state index contributed by atoms with van der Waals surface area (Å²) in [5.74, 6) is 0.412. The Morgan fingerprint density at radius 3 is 2.52 bits per heavy atom. The molecule has 2 aromatic carbocycles. The quantitative estimate of drug-likeness (QED) is 0.769. The lowest BCUT2D eigenvalue weighted by atomic mass is 9.83. The molecule has 0 aliphatic carbocycles. The fourth-order valence-electron chi connectivity index (χ4n) is 4.51. The normalized spacial score (nSPS) is 23.6. The second-order valence-corrected chi connectivity index (χ2v) is 8.34. The van der Waals surface area contributed by atoms with E-state index in [0.717, 1.165) is 42.0 Å². The number of ether oxygens (including phenoxy) is 2. The number of hydrogen-bond acceptors (Lipinski definition) is 4. The third kappa shape index (κ3) is 4.74. The molecule has 0 bridgehead atoms. The van der Waals surface area contributed by atoms with E-state index in [0.29, 0.717) is 19.4 Å². The van der Waals surface area contributed by atoms with Crippen LogP contribution in [0.3, 0.4) is 0 Å². The second kappa shape index (κ2) is 9.52. The van der Waals surface area contributed by atoms with Crippen LogP contribution in [0.25, 0.3) is 0 Å². The van der Waals surface area contributed by atoms with Crippen LogP contribution in [0.1, 0.15) is 42.9 Å². The molecule has 0 saturated carbocycles. The maximum Gasteiger partial charge on any atom is 0.227 e. The Morgan fingerprint density at radius 2 is 1.87 bits per heavy atom. The van der Waals surface area contributed by atoms with Gasteiger partial charge in [-0.05, 0) is 56.0 Å². The maximum absolute atomic E-state index is 13.3. The van der Waals surface area contributed by atoms with E-state index in [1.165, 1.54) is 0 Å². The van der Waals surface area contributed by atoms with Gasteiger partial charge in [-0.1, -0.05) is 29.8 Å². The number of benzene rings is 2. The van der Waals surface area contributed by atoms with E-state index in [4.69, 9.17) is 9.47 Å². The summed E-state index contributed by atoms with van der Waals surface area (Å²) in [6, 6.07) is 15.2. The van der Waals surface area contributed by atoms with Crippen molar-refractivity contribution in [1.29, 1.82) is 0 Å². The van der Waals surface area contributed by atoms with Crippen molar-refractivity contribution in [2.24, 2.45) is 5.92 Å². The summed E-state index contributed by atoms with van der Waals surface area (Å²) in [6.07, 6.45) is 2.96. The molecule has 0 spiro atoms. The fraction of sp³-hybridized carbons (Fsp3) is 0.440. The highest BCUT2D eigenvalue weighted by Crippen LogP contribution is 2.40. The molecule has 1 N–H and O–H groups in total. The van der Waals surface area contributed by atoms with Crippen LogP contribution >= 0.6 is 0 Å².